The van der Waals surface area contributed by atoms with E-state index in [1.807, 2.05) is 13.0 Å². The van der Waals surface area contributed by atoms with Crippen molar-refractivity contribution >= 4 is 35.3 Å². The molecule has 0 fully saturated rings. The van der Waals surface area contributed by atoms with E-state index in [2.05, 4.69) is 22.2 Å². The lowest BCUT2D eigenvalue weighted by Gasteiger charge is -2.21. The number of Topliss-reactive ketones (excluding diaryl/α,β-unsaturated/α-hetero) is 1. The first-order chi connectivity index (χ1) is 16.9. The highest BCUT2D eigenvalue weighted by Crippen LogP contribution is 2.35. The second-order valence-electron chi connectivity index (χ2n) is 8.23. The Hall–Kier alpha value is -3.59. The topological polar surface area (TPSA) is 79.8 Å². The van der Waals surface area contributed by atoms with Gasteiger partial charge in [0.1, 0.15) is 11.9 Å². The van der Waals surface area contributed by atoms with Gasteiger partial charge in [0.05, 0.1) is 16.6 Å². The van der Waals surface area contributed by atoms with Crippen LogP contribution < -0.4 is 15.4 Å². The lowest BCUT2D eigenvalue weighted by atomic mass is 10.0. The van der Waals surface area contributed by atoms with Crippen LogP contribution in [0, 0.1) is 0 Å². The molecule has 2 unspecified atom stereocenters. The molecule has 3 rings (SSSR count). The molecule has 1 heterocycles. The molecule has 2 amide bonds. The molecule has 1 aromatic rings. The molecule has 1 aliphatic heterocycles. The number of halogens is 4. The van der Waals surface area contributed by atoms with Crippen LogP contribution in [0.2, 0.25) is 0 Å². The molecule has 190 valence electrons. The van der Waals surface area contributed by atoms with Gasteiger partial charge in [-0.3, -0.25) is 9.79 Å². The molecule has 0 bridgehead atoms. The zero-order valence-electron chi connectivity index (χ0n) is 19.7. The van der Waals surface area contributed by atoms with Gasteiger partial charge in [0, 0.05) is 29.6 Å². The fourth-order valence-corrected chi connectivity index (χ4v) is 3.68. The number of carbonyl (C=O) groups excluding carboxylic acids is 2. The first-order valence-corrected chi connectivity index (χ1v) is 11.5. The summed E-state index contributed by atoms with van der Waals surface area (Å²) in [5.41, 5.74) is 1.41. The number of urea groups is 1. The highest BCUT2D eigenvalue weighted by molar-refractivity contribution is 6.22. The van der Waals surface area contributed by atoms with E-state index in [0.717, 1.165) is 11.6 Å². The van der Waals surface area contributed by atoms with Crippen molar-refractivity contribution < 1.29 is 27.5 Å². The van der Waals surface area contributed by atoms with Crippen LogP contribution in [0.4, 0.5) is 23.7 Å². The molecule has 6 nitrogen and oxygen atoms in total. The number of ketones is 1. The van der Waals surface area contributed by atoms with E-state index in [9.17, 15) is 22.8 Å². The molecular formula is C26H25ClF3N3O3. The summed E-state index contributed by atoms with van der Waals surface area (Å²) in [5, 5.41) is 3.78. The summed E-state index contributed by atoms with van der Waals surface area (Å²) in [6, 6.07) is 5.86. The summed E-state index contributed by atoms with van der Waals surface area (Å²) in [6.45, 7) is 7.01. The molecule has 2 atom stereocenters. The average molecular weight is 520 g/mol. The van der Waals surface area contributed by atoms with Crippen molar-refractivity contribution in [2.75, 3.05) is 5.32 Å². The van der Waals surface area contributed by atoms with E-state index >= 15 is 0 Å². The second-order valence-corrected chi connectivity index (χ2v) is 8.75. The third kappa shape index (κ3) is 7.45. The van der Waals surface area contributed by atoms with Crippen LogP contribution in [0.5, 0.6) is 5.75 Å². The van der Waals surface area contributed by atoms with Crippen molar-refractivity contribution in [2.45, 2.75) is 44.3 Å². The van der Waals surface area contributed by atoms with Crippen LogP contribution >= 0.6 is 11.6 Å². The summed E-state index contributed by atoms with van der Waals surface area (Å²) in [6.07, 6.45) is 3.19. The van der Waals surface area contributed by atoms with Gasteiger partial charge in [-0.2, -0.15) is 13.2 Å². The van der Waals surface area contributed by atoms with Crippen molar-refractivity contribution in [3.8, 4) is 5.75 Å². The predicted octanol–water partition coefficient (Wildman–Crippen LogP) is 6.39. The number of hydrogen-bond acceptors (Lipinski definition) is 4. The Morgan fingerprint density at radius 2 is 1.86 bits per heavy atom. The zero-order chi connectivity index (χ0) is 26.5. The number of nitrogens with zero attached hydrogens (tertiary/aromatic N) is 1. The fourth-order valence-electron chi connectivity index (χ4n) is 3.40. The standard InChI is InChI=1S/C26H25ClF3N3O3/c1-15(17(3)34)12-16(2)24-14-21(10-11-31-24)36-20-7-4-18(5-8-20)32-25(35)33-19-6-9-23(27)22(13-19)26(28,29)30/h4-8,11-14,21,23H,1,9-10H2,2-3H3,(H2,32,33,35)/b16-12+. The van der Waals surface area contributed by atoms with E-state index in [1.165, 1.54) is 13.0 Å². The number of nitrogens with one attached hydrogen (secondary N) is 2. The number of amides is 2. The Labute approximate surface area is 212 Å². The number of ether oxygens (including phenoxy) is 1. The fraction of sp³-hybridized carbons (Fsp3) is 0.269. The summed E-state index contributed by atoms with van der Waals surface area (Å²) in [7, 11) is 0. The highest BCUT2D eigenvalue weighted by atomic mass is 35.5. The van der Waals surface area contributed by atoms with Gasteiger partial charge in [-0.05, 0) is 68.3 Å². The highest BCUT2D eigenvalue weighted by Gasteiger charge is 2.39. The van der Waals surface area contributed by atoms with Crippen molar-refractivity contribution in [1.82, 2.24) is 5.32 Å². The third-order valence-corrected chi connectivity index (χ3v) is 5.75. The van der Waals surface area contributed by atoms with Crippen LogP contribution in [-0.4, -0.2) is 35.7 Å². The summed E-state index contributed by atoms with van der Waals surface area (Å²) in [5.74, 6) is 0.430. The Morgan fingerprint density at radius 3 is 2.50 bits per heavy atom. The van der Waals surface area contributed by atoms with Crippen molar-refractivity contribution in [1.29, 1.82) is 0 Å². The largest absolute Gasteiger partial charge is 0.486 e. The van der Waals surface area contributed by atoms with Gasteiger partial charge >= 0.3 is 12.2 Å². The minimum atomic E-state index is -4.57. The van der Waals surface area contributed by atoms with E-state index in [0.29, 0.717) is 29.1 Å². The minimum absolute atomic E-state index is 0.0226. The van der Waals surface area contributed by atoms with E-state index in [4.69, 9.17) is 16.3 Å². The van der Waals surface area contributed by atoms with E-state index in [-0.39, 0.29) is 24.0 Å². The van der Waals surface area contributed by atoms with Gasteiger partial charge in [0.15, 0.2) is 5.78 Å². The molecule has 1 aliphatic carbocycles. The summed E-state index contributed by atoms with van der Waals surface area (Å²) >= 11 is 5.74. The Kier molecular flexibility index (Phi) is 8.57. The van der Waals surface area contributed by atoms with Crippen LogP contribution in [0.15, 0.2) is 88.3 Å². The molecule has 2 N–H and O–H groups in total. The second kappa shape index (κ2) is 11.4. The average Bonchev–Trinajstić information content (AvgIpc) is 2.81. The van der Waals surface area contributed by atoms with Gasteiger partial charge in [-0.1, -0.05) is 12.7 Å². The van der Waals surface area contributed by atoms with Crippen LogP contribution in [0.25, 0.3) is 0 Å². The number of benzene rings is 1. The van der Waals surface area contributed by atoms with Crippen molar-refractivity contribution in [3.05, 3.63) is 83.3 Å². The number of hydrogen-bond donors (Lipinski definition) is 2. The number of carbonyl (C=O) groups is 2. The molecule has 36 heavy (non-hydrogen) atoms. The Morgan fingerprint density at radius 1 is 1.17 bits per heavy atom. The molecule has 0 radical (unpaired) electrons. The molecule has 0 saturated carbocycles. The SMILES string of the molecule is C=C(/C=C(\C)C1=CC(Oc2ccc(NC(=O)NC3=CCC(Cl)C(C(F)(F)F)=C3)cc2)CC=N1)C(C)=O. The van der Waals surface area contributed by atoms with Crippen molar-refractivity contribution in [2.24, 2.45) is 4.99 Å². The molecule has 2 aliphatic rings. The van der Waals surface area contributed by atoms with E-state index in [1.54, 1.807) is 36.6 Å². The summed E-state index contributed by atoms with van der Waals surface area (Å²) in [4.78, 5) is 28.0. The Bertz CT molecular complexity index is 1200. The number of aliphatic imine (C=N–C) groups is 1. The number of anilines is 1. The van der Waals surface area contributed by atoms with Gasteiger partial charge in [-0.15, -0.1) is 11.6 Å². The van der Waals surface area contributed by atoms with Crippen LogP contribution in [-0.2, 0) is 4.79 Å². The smallest absolute Gasteiger partial charge is 0.414 e. The molecular weight excluding hydrogens is 495 g/mol. The van der Waals surface area contributed by atoms with Gasteiger partial charge in [0.25, 0.3) is 0 Å². The molecule has 0 spiro atoms. The number of rotatable bonds is 7. The molecule has 10 heteroatoms. The first-order valence-electron chi connectivity index (χ1n) is 11.0. The normalized spacial score (nSPS) is 20.1. The lowest BCUT2D eigenvalue weighted by molar-refractivity contribution is -0.113. The monoisotopic (exact) mass is 519 g/mol. The van der Waals surface area contributed by atoms with Crippen molar-refractivity contribution in [3.63, 3.8) is 0 Å². The van der Waals surface area contributed by atoms with Crippen LogP contribution in [0.1, 0.15) is 26.7 Å². The molecule has 0 aromatic heterocycles. The van der Waals surface area contributed by atoms with Gasteiger partial charge in [0.2, 0.25) is 0 Å². The molecule has 0 saturated heterocycles. The first kappa shape index (κ1) is 27.0. The summed E-state index contributed by atoms with van der Waals surface area (Å²) < 4.78 is 45.1. The van der Waals surface area contributed by atoms with Gasteiger partial charge in [-0.25, -0.2) is 4.79 Å². The maximum absolute atomic E-state index is 13.0. The quantitative estimate of drug-likeness (QED) is 0.249. The Balaban J connectivity index is 1.58. The predicted molar refractivity (Wildman–Crippen MR) is 134 cm³/mol. The zero-order valence-corrected chi connectivity index (χ0v) is 20.4. The van der Waals surface area contributed by atoms with Gasteiger partial charge < -0.3 is 15.4 Å². The lowest BCUT2D eigenvalue weighted by Crippen LogP contribution is -2.31. The third-order valence-electron chi connectivity index (χ3n) is 5.34. The van der Waals surface area contributed by atoms with Crippen LogP contribution in [0.3, 0.4) is 0 Å². The number of alkyl halides is 4. The molecule has 1 aromatic carbocycles. The maximum Gasteiger partial charge on any atom is 0.414 e. The maximum atomic E-state index is 13.0. The number of allylic oxidation sites excluding steroid dienone is 6. The minimum Gasteiger partial charge on any atom is -0.486 e. The van der Waals surface area contributed by atoms with E-state index < -0.39 is 23.2 Å².